The zero-order valence-corrected chi connectivity index (χ0v) is 10.3. The first-order valence-corrected chi connectivity index (χ1v) is 5.86. The van der Waals surface area contributed by atoms with Gasteiger partial charge in [-0.05, 0) is 18.1 Å². The monoisotopic (exact) mass is 276 g/mol. The van der Waals surface area contributed by atoms with Gasteiger partial charge < -0.3 is 10.2 Å². The summed E-state index contributed by atoms with van der Waals surface area (Å²) in [4.78, 5) is 11.0. The van der Waals surface area contributed by atoms with E-state index in [1.54, 1.807) is 6.92 Å². The summed E-state index contributed by atoms with van der Waals surface area (Å²) in [6.07, 6.45) is -5.71. The van der Waals surface area contributed by atoms with E-state index in [2.05, 4.69) is 0 Å². The quantitative estimate of drug-likeness (QED) is 0.868. The second-order valence-corrected chi connectivity index (χ2v) is 4.26. The topological polar surface area (TPSA) is 57.5 Å². The molecule has 2 atom stereocenters. The maximum atomic E-state index is 12.8. The van der Waals surface area contributed by atoms with Crippen LogP contribution in [0.4, 0.5) is 13.2 Å². The first kappa shape index (κ1) is 15.5. The van der Waals surface area contributed by atoms with Crippen LogP contribution >= 0.6 is 0 Å². The van der Waals surface area contributed by atoms with Crippen LogP contribution in [-0.2, 0) is 11.0 Å². The van der Waals surface area contributed by atoms with Crippen molar-refractivity contribution in [3.8, 4) is 0 Å². The minimum absolute atomic E-state index is 0.114. The molecule has 1 aromatic carbocycles. The molecule has 6 heteroatoms. The van der Waals surface area contributed by atoms with Gasteiger partial charge in [-0.15, -0.1) is 0 Å². The van der Waals surface area contributed by atoms with Crippen LogP contribution in [0, 0.1) is 5.92 Å². The molecule has 0 bridgehead atoms. The van der Waals surface area contributed by atoms with E-state index in [-0.39, 0.29) is 6.42 Å². The summed E-state index contributed by atoms with van der Waals surface area (Å²) >= 11 is 0. The lowest BCUT2D eigenvalue weighted by Gasteiger charge is -2.22. The molecule has 2 N–H and O–H groups in total. The average Bonchev–Trinajstić information content (AvgIpc) is 2.33. The largest absolute Gasteiger partial charge is 0.481 e. The number of aliphatic carboxylic acids is 1. The summed E-state index contributed by atoms with van der Waals surface area (Å²) in [5.74, 6) is -2.54. The van der Waals surface area contributed by atoms with Crippen LogP contribution < -0.4 is 0 Å². The lowest BCUT2D eigenvalue weighted by atomic mass is 9.89. The van der Waals surface area contributed by atoms with Crippen LogP contribution in [0.2, 0.25) is 0 Å². The lowest BCUT2D eigenvalue weighted by molar-refractivity contribution is -0.148. The first-order valence-electron chi connectivity index (χ1n) is 5.86. The van der Waals surface area contributed by atoms with Crippen LogP contribution in [0.3, 0.4) is 0 Å². The minimum Gasteiger partial charge on any atom is -0.481 e. The number of aliphatic hydroxyl groups excluding tert-OH is 1. The molecule has 2 unspecified atom stereocenters. The van der Waals surface area contributed by atoms with Gasteiger partial charge >= 0.3 is 12.1 Å². The Morgan fingerprint density at radius 2 is 1.89 bits per heavy atom. The van der Waals surface area contributed by atoms with Crippen molar-refractivity contribution >= 4 is 5.97 Å². The van der Waals surface area contributed by atoms with Crippen molar-refractivity contribution in [3.05, 3.63) is 35.4 Å². The maximum Gasteiger partial charge on any atom is 0.416 e. The molecule has 0 aliphatic heterocycles. The molecule has 3 nitrogen and oxygen atoms in total. The summed E-state index contributed by atoms with van der Waals surface area (Å²) in [5, 5.41) is 18.9. The van der Waals surface area contributed by atoms with Gasteiger partial charge in [0, 0.05) is 0 Å². The summed E-state index contributed by atoms with van der Waals surface area (Å²) in [6, 6.07) is 4.50. The third-order valence-corrected chi connectivity index (χ3v) is 2.88. The molecule has 106 valence electrons. The number of halogens is 3. The number of carbonyl (C=O) groups is 1. The second-order valence-electron chi connectivity index (χ2n) is 4.26. The van der Waals surface area contributed by atoms with Gasteiger partial charge in [0.15, 0.2) is 0 Å². The van der Waals surface area contributed by atoms with E-state index in [0.29, 0.717) is 6.42 Å². The van der Waals surface area contributed by atoms with E-state index >= 15 is 0 Å². The Morgan fingerprint density at radius 1 is 1.32 bits per heavy atom. The molecule has 0 fully saturated rings. The number of carboxylic acid groups (broad SMARTS) is 1. The summed E-state index contributed by atoms with van der Waals surface area (Å²) in [5.41, 5.74) is -1.39. The summed E-state index contributed by atoms with van der Waals surface area (Å²) < 4.78 is 38.4. The fraction of sp³-hybridized carbons (Fsp3) is 0.462. The van der Waals surface area contributed by atoms with E-state index in [1.807, 2.05) is 0 Å². The number of hydrogen-bond donors (Lipinski definition) is 2. The van der Waals surface area contributed by atoms with Gasteiger partial charge in [-0.2, -0.15) is 13.2 Å². The molecule has 0 aromatic heterocycles. The number of benzene rings is 1. The van der Waals surface area contributed by atoms with Crippen molar-refractivity contribution in [1.29, 1.82) is 0 Å². The Morgan fingerprint density at radius 3 is 2.37 bits per heavy atom. The van der Waals surface area contributed by atoms with Crippen LogP contribution in [0.1, 0.15) is 37.0 Å². The van der Waals surface area contributed by atoms with Gasteiger partial charge in [-0.25, -0.2) is 0 Å². The van der Waals surface area contributed by atoms with E-state index < -0.39 is 35.3 Å². The van der Waals surface area contributed by atoms with Gasteiger partial charge in [0.05, 0.1) is 17.6 Å². The zero-order chi connectivity index (χ0) is 14.6. The number of hydrogen-bond acceptors (Lipinski definition) is 2. The molecular weight excluding hydrogens is 261 g/mol. The fourth-order valence-corrected chi connectivity index (χ4v) is 1.96. The number of aliphatic hydroxyl groups is 1. The highest BCUT2D eigenvalue weighted by molar-refractivity contribution is 5.71. The van der Waals surface area contributed by atoms with Crippen molar-refractivity contribution in [2.24, 2.45) is 5.92 Å². The molecule has 0 aliphatic rings. The molecule has 19 heavy (non-hydrogen) atoms. The van der Waals surface area contributed by atoms with Crippen molar-refractivity contribution < 1.29 is 28.2 Å². The third-order valence-electron chi connectivity index (χ3n) is 2.88. The molecule has 0 saturated carbocycles. The van der Waals surface area contributed by atoms with Gasteiger partial charge in [0.2, 0.25) is 0 Å². The molecule has 0 aliphatic carbocycles. The van der Waals surface area contributed by atoms with Crippen LogP contribution in [0.25, 0.3) is 0 Å². The summed E-state index contributed by atoms with van der Waals surface area (Å²) in [6.45, 7) is 1.71. The maximum absolute atomic E-state index is 12.8. The standard InChI is InChI=1S/C13H15F3O3/c1-2-5-9(12(18)19)11(17)8-6-3-4-7-10(8)13(14,15)16/h3-4,6-7,9,11,17H,2,5H2,1H3,(H,18,19). The van der Waals surface area contributed by atoms with Gasteiger partial charge in [-0.3, -0.25) is 4.79 Å². The third kappa shape index (κ3) is 3.70. The lowest BCUT2D eigenvalue weighted by Crippen LogP contribution is -2.24. The van der Waals surface area contributed by atoms with Crippen LogP contribution in [0.5, 0.6) is 0 Å². The van der Waals surface area contributed by atoms with Gasteiger partial charge in [0.25, 0.3) is 0 Å². The minimum atomic E-state index is -4.62. The zero-order valence-electron chi connectivity index (χ0n) is 10.3. The second kappa shape index (κ2) is 6.06. The predicted octanol–water partition coefficient (Wildman–Crippen LogP) is 3.24. The highest BCUT2D eigenvalue weighted by atomic mass is 19.4. The molecule has 0 amide bonds. The Balaban J connectivity index is 3.18. The van der Waals surface area contributed by atoms with Crippen LogP contribution in [0.15, 0.2) is 24.3 Å². The SMILES string of the molecule is CCCC(C(=O)O)C(O)c1ccccc1C(F)(F)F. The average molecular weight is 276 g/mol. The Bertz CT molecular complexity index is 443. The smallest absolute Gasteiger partial charge is 0.416 e. The predicted molar refractivity (Wildman–Crippen MR) is 62.4 cm³/mol. The highest BCUT2D eigenvalue weighted by Gasteiger charge is 2.37. The van der Waals surface area contributed by atoms with Crippen molar-refractivity contribution in [2.45, 2.75) is 32.0 Å². The van der Waals surface area contributed by atoms with E-state index in [9.17, 15) is 23.1 Å². The molecule has 0 heterocycles. The number of carboxylic acids is 1. The summed E-state index contributed by atoms with van der Waals surface area (Å²) in [7, 11) is 0. The van der Waals surface area contributed by atoms with Gasteiger partial charge in [-0.1, -0.05) is 31.5 Å². The molecule has 1 aromatic rings. The van der Waals surface area contributed by atoms with Crippen molar-refractivity contribution in [3.63, 3.8) is 0 Å². The van der Waals surface area contributed by atoms with Crippen molar-refractivity contribution in [1.82, 2.24) is 0 Å². The highest BCUT2D eigenvalue weighted by Crippen LogP contribution is 2.37. The molecule has 1 rings (SSSR count). The van der Waals surface area contributed by atoms with Crippen LogP contribution in [-0.4, -0.2) is 16.2 Å². The van der Waals surface area contributed by atoms with E-state index in [1.165, 1.54) is 12.1 Å². The molecule has 0 spiro atoms. The molecule has 0 radical (unpaired) electrons. The van der Waals surface area contributed by atoms with Gasteiger partial charge in [0.1, 0.15) is 0 Å². The normalized spacial score (nSPS) is 15.0. The fourth-order valence-electron chi connectivity index (χ4n) is 1.96. The van der Waals surface area contributed by atoms with E-state index in [0.717, 1.165) is 12.1 Å². The number of rotatable bonds is 5. The molecular formula is C13H15F3O3. The van der Waals surface area contributed by atoms with Crippen molar-refractivity contribution in [2.75, 3.05) is 0 Å². The number of alkyl halides is 3. The van der Waals surface area contributed by atoms with E-state index in [4.69, 9.17) is 5.11 Å². The Hall–Kier alpha value is -1.56. The first-order chi connectivity index (χ1) is 8.79. The molecule has 0 saturated heterocycles. The Kier molecular flexibility index (Phi) is 4.94. The Labute approximate surface area is 108 Å².